The van der Waals surface area contributed by atoms with Crippen molar-refractivity contribution in [2.45, 2.75) is 298 Å². The number of rotatable bonds is 31. The number of nitrogens with zero attached hydrogens (tertiary/aromatic N) is 2. The first-order valence-corrected chi connectivity index (χ1v) is 37.2. The van der Waals surface area contributed by atoms with Gasteiger partial charge in [0, 0.05) is 84.0 Å². The Bertz CT molecular complexity index is 2530. The summed E-state index contributed by atoms with van der Waals surface area (Å²) in [5, 5.41) is 88.7. The van der Waals surface area contributed by atoms with Gasteiger partial charge in [-0.1, -0.05) is 97.8 Å². The van der Waals surface area contributed by atoms with Gasteiger partial charge in [0.15, 0.2) is 18.9 Å². The quantitative estimate of drug-likeness (QED) is 0.0441. The number of ether oxygens (including phenoxy) is 9. The lowest BCUT2D eigenvalue weighted by atomic mass is 9.74. The summed E-state index contributed by atoms with van der Waals surface area (Å²) in [4.78, 5) is 86.2. The number of hydrogen-bond acceptors (Lipinski definition) is 22. The minimum absolute atomic E-state index is 0.0237. The number of carbonyl (C=O) groups is 6. The molecule has 5 saturated heterocycles. The van der Waals surface area contributed by atoms with E-state index in [2.05, 4.69) is 21.3 Å². The van der Waals surface area contributed by atoms with E-state index >= 15 is 0 Å². The maximum absolute atomic E-state index is 14.4. The fourth-order valence-electron chi connectivity index (χ4n) is 16.6. The van der Waals surface area contributed by atoms with E-state index in [1.54, 1.807) is 16.9 Å². The van der Waals surface area contributed by atoms with Gasteiger partial charge in [-0.05, 0) is 88.4 Å². The van der Waals surface area contributed by atoms with Gasteiger partial charge in [-0.2, -0.15) is 0 Å². The van der Waals surface area contributed by atoms with E-state index in [-0.39, 0.29) is 80.7 Å². The van der Waals surface area contributed by atoms with Crippen LogP contribution < -0.4 is 21.3 Å². The Balaban J connectivity index is 0.790. The first-order chi connectivity index (χ1) is 47.1. The molecule has 0 aromatic carbocycles. The molecule has 4 aliphatic carbocycles. The number of carbonyl (C=O) groups excluding carboxylic acids is 6. The van der Waals surface area contributed by atoms with Crippen molar-refractivity contribution in [2.75, 3.05) is 66.1 Å². The monoisotopic (exact) mass is 1390 g/mol. The van der Waals surface area contributed by atoms with E-state index in [0.29, 0.717) is 70.6 Å². The van der Waals surface area contributed by atoms with Crippen molar-refractivity contribution in [3.8, 4) is 0 Å². The summed E-state index contributed by atoms with van der Waals surface area (Å²) in [6, 6.07) is -1.76. The van der Waals surface area contributed by atoms with Gasteiger partial charge in [0.25, 0.3) is 11.8 Å². The van der Waals surface area contributed by atoms with Crippen LogP contribution in [0.1, 0.15) is 176 Å². The Hall–Kier alpha value is -3.82. The lowest BCUT2D eigenvalue weighted by Gasteiger charge is -2.49. The maximum atomic E-state index is 14.4. The molecule has 0 unspecified atom stereocenters. The molecule has 4 saturated carbocycles. The van der Waals surface area contributed by atoms with Crippen LogP contribution in [0, 0.1) is 41.4 Å². The first kappa shape index (κ1) is 78.3. The predicted molar refractivity (Wildman–Crippen MR) is 352 cm³/mol. The van der Waals surface area contributed by atoms with Crippen LogP contribution in [0.25, 0.3) is 0 Å². The molecule has 9 rings (SSSR count). The molecule has 0 aromatic rings. The number of methoxy groups -OCH3 is 1. The Morgan fingerprint density at radius 1 is 0.541 bits per heavy atom. The number of ketones is 1. The molecular formula is C70H118N6O22. The third-order valence-corrected chi connectivity index (χ3v) is 22.8. The molecule has 0 spiro atoms. The summed E-state index contributed by atoms with van der Waals surface area (Å²) >= 11 is 0. The average molecular weight is 1400 g/mol. The van der Waals surface area contributed by atoms with Gasteiger partial charge in [0.1, 0.15) is 72.9 Å². The predicted octanol–water partition coefficient (Wildman–Crippen LogP) is 1.83. The van der Waals surface area contributed by atoms with Gasteiger partial charge in [0.05, 0.1) is 49.8 Å². The molecule has 28 heteroatoms. The van der Waals surface area contributed by atoms with Gasteiger partial charge < -0.3 is 109 Å². The molecule has 560 valence electrons. The third kappa shape index (κ3) is 19.9. The molecule has 5 heterocycles. The topological polar surface area (TPSA) is 382 Å². The highest BCUT2D eigenvalue weighted by Crippen LogP contribution is 2.43. The number of likely N-dealkylation sites (tertiary alicyclic amines) is 2. The zero-order valence-corrected chi connectivity index (χ0v) is 58.7. The molecule has 5 aliphatic heterocycles. The van der Waals surface area contributed by atoms with Crippen LogP contribution >= 0.6 is 0 Å². The van der Waals surface area contributed by atoms with E-state index < -0.39 is 171 Å². The number of amides is 6. The zero-order chi connectivity index (χ0) is 70.3. The van der Waals surface area contributed by atoms with Gasteiger partial charge in [0.2, 0.25) is 11.8 Å². The Labute approximate surface area is 577 Å². The number of hydrogen-bond donors (Lipinski definition) is 11. The van der Waals surface area contributed by atoms with E-state index in [9.17, 15) is 64.5 Å². The third-order valence-electron chi connectivity index (χ3n) is 22.8. The van der Waals surface area contributed by atoms with Crippen molar-refractivity contribution in [3.05, 3.63) is 0 Å². The fourth-order valence-corrected chi connectivity index (χ4v) is 16.6. The smallest absolute Gasteiger partial charge is 0.314 e. The van der Waals surface area contributed by atoms with E-state index in [1.165, 1.54) is 20.3 Å². The molecule has 6 amide bonds. The first-order valence-electron chi connectivity index (χ1n) is 37.2. The van der Waals surface area contributed by atoms with Gasteiger partial charge in [-0.15, -0.1) is 0 Å². The largest absolute Gasteiger partial charge is 0.394 e. The van der Waals surface area contributed by atoms with Crippen LogP contribution in [0.3, 0.4) is 0 Å². The highest BCUT2D eigenvalue weighted by atomic mass is 16.7. The molecule has 11 N–H and O–H groups in total. The summed E-state index contributed by atoms with van der Waals surface area (Å²) in [5.74, 6) is -2.90. The normalized spacial score (nSPS) is 37.9. The Morgan fingerprint density at radius 2 is 1.05 bits per heavy atom. The zero-order valence-electron chi connectivity index (χ0n) is 58.7. The molecule has 0 aromatic heterocycles. The molecule has 9 aliphatic rings. The van der Waals surface area contributed by atoms with Gasteiger partial charge >= 0.3 is 6.03 Å². The van der Waals surface area contributed by atoms with Crippen molar-refractivity contribution in [3.63, 3.8) is 0 Å². The molecule has 0 bridgehead atoms. The molecule has 25 atom stereocenters. The molecule has 9 fully saturated rings. The summed E-state index contributed by atoms with van der Waals surface area (Å²) in [7, 11) is 1.61. The molecular weight excluding hydrogens is 1280 g/mol. The minimum atomic E-state index is -1.68. The van der Waals surface area contributed by atoms with Gasteiger partial charge in [-0.3, -0.25) is 24.0 Å². The maximum Gasteiger partial charge on any atom is 0.314 e. The summed E-state index contributed by atoms with van der Waals surface area (Å²) in [5.41, 5.74) is 0. The molecule has 0 radical (unpaired) electrons. The number of Topliss-reactive ketones (excluding diaryl/α,β-unsaturated/α-hetero) is 1. The second-order valence-electron chi connectivity index (χ2n) is 29.6. The van der Waals surface area contributed by atoms with Crippen molar-refractivity contribution in [1.29, 1.82) is 0 Å². The molecule has 98 heavy (non-hydrogen) atoms. The SMILES string of the molecule is CC[C@H]1C[C@@H](C(=O)NCCNC(=O)NCCCC(=O)[C@@H]2C[C@H](CC)[C@@H](O[C@H]3O[C@@H](C)[C@@H](O)[C@@H](O)[C@@H]3O)[C@H](O[C@@H]3O[C@H](CO)[C@H](O)[C@H](O[C@@H](CC4CCCCC4)C(=O)N4CCC4)[C@H]3NC(C)=O)C2)C[C@@H](O[C@@H]2O[C@H](CO)[C@H](O)[C@H](O[C@@H](CC3CCCCC3)C(=O)N3CCC3)[C@H]2C)[C@@H]1OC. The summed E-state index contributed by atoms with van der Waals surface area (Å²) in [6.45, 7) is 10.2. The lowest BCUT2D eigenvalue weighted by Crippen LogP contribution is -2.67. The van der Waals surface area contributed by atoms with Crippen molar-refractivity contribution in [1.82, 2.24) is 31.1 Å². The van der Waals surface area contributed by atoms with E-state index in [0.717, 1.165) is 70.6 Å². The second kappa shape index (κ2) is 37.6. The number of urea groups is 1. The van der Waals surface area contributed by atoms with Crippen LogP contribution in [-0.4, -0.2) is 270 Å². The summed E-state index contributed by atoms with van der Waals surface area (Å²) < 4.78 is 58.1. The highest BCUT2D eigenvalue weighted by Gasteiger charge is 2.55. The van der Waals surface area contributed by atoms with Crippen LogP contribution in [-0.2, 0) is 66.6 Å². The van der Waals surface area contributed by atoms with Crippen molar-refractivity contribution >= 4 is 35.4 Å². The van der Waals surface area contributed by atoms with E-state index in [1.807, 2.05) is 20.8 Å². The lowest BCUT2D eigenvalue weighted by molar-refractivity contribution is -0.338. The minimum Gasteiger partial charge on any atom is -0.394 e. The Morgan fingerprint density at radius 3 is 1.60 bits per heavy atom. The van der Waals surface area contributed by atoms with Crippen LogP contribution in [0.2, 0.25) is 0 Å². The number of aliphatic hydroxyl groups is 7. The standard InChI is InChI=1S/C70H118N6O22/c1-7-43-33-46(35-48(61(43)90-6)94-67-38(3)60(56(82)52(36-77)96-67)92-50(65(87)75-26-16-27-75)30-41-18-11-9-12-19-41)64(86)71-24-25-73-70(89)72-23-15-22-47(80)45-32-44(8-2)62(98-69-59(85)58(84)55(81)39(4)91-69)49(34-45)95-68-54(74-40(5)79)63(57(83)53(37-78)97-68)93-51(66(88)76-28-17-29-76)31-42-20-13-10-14-21-42/h38-39,41-46,48-63,67-69,77-78,81-85H,7-37H2,1-6H3,(H,71,86)(H,74,79)(H2,72,73,89)/t38-,39+,43+,44+,45-,46-,48-,49-,50+,51+,52-,53-,54-,55-,56+,57+,58-,59+,60-,61-,62-,63-,67-,68-,69-/m1/s1. The number of nitrogens with one attached hydrogen (secondary N) is 4. The number of aliphatic hydroxyl groups excluding tert-OH is 7. The Kier molecular flexibility index (Phi) is 30.0. The van der Waals surface area contributed by atoms with Gasteiger partial charge in [-0.25, -0.2) is 4.79 Å². The highest BCUT2D eigenvalue weighted by molar-refractivity contribution is 5.83. The van der Waals surface area contributed by atoms with E-state index in [4.69, 9.17) is 42.6 Å². The van der Waals surface area contributed by atoms with Crippen molar-refractivity contribution < 1.29 is 107 Å². The van der Waals surface area contributed by atoms with Crippen molar-refractivity contribution in [2.24, 2.45) is 41.4 Å². The second-order valence-corrected chi connectivity index (χ2v) is 29.6. The van der Waals surface area contributed by atoms with Crippen LogP contribution in [0.4, 0.5) is 4.79 Å². The molecule has 28 nitrogen and oxygen atoms in total. The van der Waals surface area contributed by atoms with Crippen LogP contribution in [0.15, 0.2) is 0 Å². The van der Waals surface area contributed by atoms with Crippen LogP contribution in [0.5, 0.6) is 0 Å². The summed E-state index contributed by atoms with van der Waals surface area (Å²) in [6.07, 6.45) is -5.99. The fraction of sp³-hybridized carbons (Fsp3) is 0.914. The average Bonchev–Trinajstić information content (AvgIpc) is 0.780.